The molecule has 0 unspecified atom stereocenters. The number of H-pyrrole nitrogens is 2. The number of nitrogens with one attached hydrogen (secondary N) is 3. The molecular weight excluding hydrogens is 292 g/mol. The van der Waals surface area contributed by atoms with E-state index in [1.165, 1.54) is 0 Å². The maximum Gasteiger partial charge on any atom is 0.325 e. The standard InChI is InChI=1S/C17H12N4O2/c22-16(10-4-2-1-3-5-10)18-12-6-7-13-11(8-12)9-14-15(19-13)21-17(23)20-14/h1-9H,(H,18,22)(H2,19,20,21,23). The molecule has 0 fully saturated rings. The number of benzene rings is 2. The van der Waals surface area contributed by atoms with E-state index in [9.17, 15) is 9.59 Å². The van der Waals surface area contributed by atoms with Crippen molar-refractivity contribution in [1.82, 2.24) is 15.0 Å². The lowest BCUT2D eigenvalue weighted by atomic mass is 10.1. The molecule has 6 nitrogen and oxygen atoms in total. The number of pyridine rings is 1. The number of carbonyl (C=O) groups excluding carboxylic acids is 1. The molecule has 0 spiro atoms. The summed E-state index contributed by atoms with van der Waals surface area (Å²) < 4.78 is 0. The highest BCUT2D eigenvalue weighted by Gasteiger charge is 2.07. The van der Waals surface area contributed by atoms with Gasteiger partial charge in [0.1, 0.15) is 0 Å². The summed E-state index contributed by atoms with van der Waals surface area (Å²) in [6.45, 7) is 0. The summed E-state index contributed by atoms with van der Waals surface area (Å²) in [7, 11) is 0. The molecule has 0 bridgehead atoms. The zero-order valence-corrected chi connectivity index (χ0v) is 12.0. The average Bonchev–Trinajstić information content (AvgIpc) is 2.92. The van der Waals surface area contributed by atoms with Gasteiger partial charge in [0.25, 0.3) is 5.91 Å². The highest BCUT2D eigenvalue weighted by Crippen LogP contribution is 2.21. The largest absolute Gasteiger partial charge is 0.325 e. The van der Waals surface area contributed by atoms with Crippen LogP contribution < -0.4 is 11.0 Å². The van der Waals surface area contributed by atoms with Crippen LogP contribution in [0.3, 0.4) is 0 Å². The van der Waals surface area contributed by atoms with Crippen molar-refractivity contribution < 1.29 is 4.79 Å². The van der Waals surface area contributed by atoms with Gasteiger partial charge in [0.05, 0.1) is 11.0 Å². The van der Waals surface area contributed by atoms with Crippen LogP contribution in [-0.2, 0) is 0 Å². The van der Waals surface area contributed by atoms with Gasteiger partial charge in [0.2, 0.25) is 0 Å². The maximum absolute atomic E-state index is 12.2. The van der Waals surface area contributed by atoms with E-state index in [4.69, 9.17) is 0 Å². The maximum atomic E-state index is 12.2. The Morgan fingerprint density at radius 1 is 1.00 bits per heavy atom. The van der Waals surface area contributed by atoms with E-state index in [-0.39, 0.29) is 11.6 Å². The topological polar surface area (TPSA) is 90.6 Å². The molecule has 0 aliphatic rings. The van der Waals surface area contributed by atoms with Crippen LogP contribution in [0.15, 0.2) is 59.4 Å². The quantitative estimate of drug-likeness (QED) is 0.531. The fourth-order valence-electron chi connectivity index (χ4n) is 2.50. The Labute approximate surface area is 130 Å². The van der Waals surface area contributed by atoms with Crippen LogP contribution in [0.25, 0.3) is 22.1 Å². The van der Waals surface area contributed by atoms with Crippen LogP contribution in [0.2, 0.25) is 0 Å². The number of anilines is 1. The van der Waals surface area contributed by atoms with Crippen LogP contribution in [-0.4, -0.2) is 20.9 Å². The van der Waals surface area contributed by atoms with Crippen LogP contribution >= 0.6 is 0 Å². The number of aromatic amines is 2. The van der Waals surface area contributed by atoms with Crippen molar-refractivity contribution in [2.75, 3.05) is 5.32 Å². The van der Waals surface area contributed by atoms with Crippen molar-refractivity contribution in [1.29, 1.82) is 0 Å². The second-order valence-corrected chi connectivity index (χ2v) is 5.19. The minimum atomic E-state index is -0.291. The number of amides is 1. The van der Waals surface area contributed by atoms with E-state index < -0.39 is 0 Å². The monoisotopic (exact) mass is 304 g/mol. The van der Waals surface area contributed by atoms with Gasteiger partial charge < -0.3 is 10.3 Å². The lowest BCUT2D eigenvalue weighted by Crippen LogP contribution is -2.11. The molecule has 1 amide bonds. The number of fused-ring (bicyclic) bond motifs is 2. The molecule has 0 saturated heterocycles. The molecule has 2 heterocycles. The van der Waals surface area contributed by atoms with Gasteiger partial charge in [-0.2, -0.15) is 0 Å². The molecule has 0 aliphatic carbocycles. The molecule has 0 aliphatic heterocycles. The third-order valence-corrected chi connectivity index (χ3v) is 3.59. The third-order valence-electron chi connectivity index (χ3n) is 3.59. The van der Waals surface area contributed by atoms with Crippen LogP contribution in [0.5, 0.6) is 0 Å². The van der Waals surface area contributed by atoms with Crippen molar-refractivity contribution in [3.63, 3.8) is 0 Å². The number of carbonyl (C=O) groups is 1. The molecule has 112 valence electrons. The molecule has 2 aromatic heterocycles. The number of nitrogens with zero attached hydrogens (tertiary/aromatic N) is 1. The fourth-order valence-corrected chi connectivity index (χ4v) is 2.50. The first-order valence-electron chi connectivity index (χ1n) is 7.08. The Balaban J connectivity index is 1.72. The summed E-state index contributed by atoms with van der Waals surface area (Å²) >= 11 is 0. The van der Waals surface area contributed by atoms with Crippen molar-refractivity contribution in [2.24, 2.45) is 0 Å². The minimum absolute atomic E-state index is 0.172. The van der Waals surface area contributed by atoms with Crippen molar-refractivity contribution in [3.8, 4) is 0 Å². The van der Waals surface area contributed by atoms with Gasteiger partial charge in [0.15, 0.2) is 5.65 Å². The van der Waals surface area contributed by atoms with Gasteiger partial charge >= 0.3 is 5.69 Å². The van der Waals surface area contributed by atoms with Crippen LogP contribution in [0, 0.1) is 0 Å². The van der Waals surface area contributed by atoms with E-state index in [1.54, 1.807) is 24.3 Å². The van der Waals surface area contributed by atoms with E-state index in [0.29, 0.717) is 22.4 Å². The molecule has 4 rings (SSSR count). The first-order chi connectivity index (χ1) is 11.2. The van der Waals surface area contributed by atoms with Gasteiger partial charge in [-0.1, -0.05) is 18.2 Å². The van der Waals surface area contributed by atoms with Gasteiger partial charge in [-0.05, 0) is 36.4 Å². The van der Waals surface area contributed by atoms with Crippen LogP contribution in [0.4, 0.5) is 5.69 Å². The lowest BCUT2D eigenvalue weighted by Gasteiger charge is -2.06. The number of imidazole rings is 1. The Bertz CT molecular complexity index is 1080. The van der Waals surface area contributed by atoms with Crippen molar-refractivity contribution >= 4 is 33.7 Å². The summed E-state index contributed by atoms with van der Waals surface area (Å²) in [4.78, 5) is 33.2. The summed E-state index contributed by atoms with van der Waals surface area (Å²) in [5.74, 6) is -0.172. The fraction of sp³-hybridized carbons (Fsp3) is 0. The third kappa shape index (κ3) is 2.46. The van der Waals surface area contributed by atoms with E-state index >= 15 is 0 Å². The molecule has 0 saturated carbocycles. The number of hydrogen-bond donors (Lipinski definition) is 3. The number of rotatable bonds is 2. The molecule has 6 heteroatoms. The predicted molar refractivity (Wildman–Crippen MR) is 88.6 cm³/mol. The minimum Gasteiger partial charge on any atom is -0.322 e. The van der Waals surface area contributed by atoms with Gasteiger partial charge in [-0.3, -0.25) is 9.78 Å². The molecule has 0 radical (unpaired) electrons. The number of aromatic nitrogens is 3. The molecule has 3 N–H and O–H groups in total. The SMILES string of the molecule is O=C(Nc1ccc2nc3[nH]c(=O)[nH]c3cc2c1)c1ccccc1. The Kier molecular flexibility index (Phi) is 2.94. The van der Waals surface area contributed by atoms with Gasteiger partial charge in [0, 0.05) is 16.6 Å². The molecule has 23 heavy (non-hydrogen) atoms. The Hall–Kier alpha value is -3.41. The Morgan fingerprint density at radius 3 is 2.65 bits per heavy atom. The highest BCUT2D eigenvalue weighted by molar-refractivity contribution is 6.05. The average molecular weight is 304 g/mol. The molecular formula is C17H12N4O2. The first kappa shape index (κ1) is 13.3. The first-order valence-corrected chi connectivity index (χ1v) is 7.08. The smallest absolute Gasteiger partial charge is 0.322 e. The Morgan fingerprint density at radius 2 is 1.83 bits per heavy atom. The summed E-state index contributed by atoms with van der Waals surface area (Å²) in [6, 6.07) is 16.3. The second kappa shape index (κ2) is 5.10. The summed E-state index contributed by atoms with van der Waals surface area (Å²) in [5.41, 5.74) is 2.87. The summed E-state index contributed by atoms with van der Waals surface area (Å²) in [6.07, 6.45) is 0. The van der Waals surface area contributed by atoms with Crippen molar-refractivity contribution in [3.05, 3.63) is 70.6 Å². The van der Waals surface area contributed by atoms with E-state index in [0.717, 1.165) is 10.9 Å². The normalized spacial score (nSPS) is 11.0. The van der Waals surface area contributed by atoms with E-state index in [1.807, 2.05) is 30.3 Å². The molecule has 2 aromatic carbocycles. The summed E-state index contributed by atoms with van der Waals surface area (Å²) in [5, 5.41) is 3.69. The zero-order chi connectivity index (χ0) is 15.8. The molecule has 0 atom stereocenters. The number of hydrogen-bond acceptors (Lipinski definition) is 3. The zero-order valence-electron chi connectivity index (χ0n) is 12.0. The van der Waals surface area contributed by atoms with Gasteiger partial charge in [-0.25, -0.2) is 9.78 Å². The van der Waals surface area contributed by atoms with Crippen molar-refractivity contribution in [2.45, 2.75) is 0 Å². The second-order valence-electron chi connectivity index (χ2n) is 5.19. The predicted octanol–water partition coefficient (Wildman–Crippen LogP) is 2.66. The lowest BCUT2D eigenvalue weighted by molar-refractivity contribution is 0.102. The van der Waals surface area contributed by atoms with Crippen LogP contribution in [0.1, 0.15) is 10.4 Å². The molecule has 4 aromatic rings. The highest BCUT2D eigenvalue weighted by atomic mass is 16.1. The van der Waals surface area contributed by atoms with E-state index in [2.05, 4.69) is 20.3 Å². The van der Waals surface area contributed by atoms with Gasteiger partial charge in [-0.15, -0.1) is 0 Å².